The smallest absolute Gasteiger partial charge is 0.263 e. The average molecular weight is 331 g/mol. The SMILES string of the molecule is CS(=O)(=O)NCCNC(=O)c1sc2cccc(F)c2c1N. The van der Waals surface area contributed by atoms with Crippen molar-refractivity contribution in [1.82, 2.24) is 10.0 Å². The van der Waals surface area contributed by atoms with Crippen LogP contribution in [0.15, 0.2) is 18.2 Å². The molecule has 9 heteroatoms. The van der Waals surface area contributed by atoms with E-state index in [-0.39, 0.29) is 29.0 Å². The van der Waals surface area contributed by atoms with E-state index in [0.717, 1.165) is 17.6 Å². The van der Waals surface area contributed by atoms with Gasteiger partial charge < -0.3 is 11.1 Å². The molecule has 1 heterocycles. The first-order valence-corrected chi connectivity index (χ1v) is 8.69. The molecular formula is C12H14FN3O3S2. The third-order valence-electron chi connectivity index (χ3n) is 2.68. The van der Waals surface area contributed by atoms with Gasteiger partial charge in [0, 0.05) is 17.8 Å². The molecule has 0 aliphatic rings. The van der Waals surface area contributed by atoms with Crippen molar-refractivity contribution in [1.29, 1.82) is 0 Å². The number of carbonyl (C=O) groups excluding carboxylic acids is 1. The number of rotatable bonds is 5. The van der Waals surface area contributed by atoms with Crippen molar-refractivity contribution >= 4 is 43.0 Å². The zero-order valence-corrected chi connectivity index (χ0v) is 12.8. The van der Waals surface area contributed by atoms with Crippen molar-refractivity contribution < 1.29 is 17.6 Å². The highest BCUT2D eigenvalue weighted by Gasteiger charge is 2.18. The Labute approximate surface area is 125 Å². The number of anilines is 1. The molecule has 0 aliphatic heterocycles. The van der Waals surface area contributed by atoms with Crippen LogP contribution in [0.1, 0.15) is 9.67 Å². The number of thiophene rings is 1. The van der Waals surface area contributed by atoms with Crippen molar-refractivity contribution in [3.05, 3.63) is 28.9 Å². The highest BCUT2D eigenvalue weighted by atomic mass is 32.2. The van der Waals surface area contributed by atoms with Gasteiger partial charge >= 0.3 is 0 Å². The minimum Gasteiger partial charge on any atom is -0.397 e. The Kier molecular flexibility index (Phi) is 4.45. The van der Waals surface area contributed by atoms with E-state index in [1.54, 1.807) is 12.1 Å². The lowest BCUT2D eigenvalue weighted by atomic mass is 10.2. The molecule has 21 heavy (non-hydrogen) atoms. The summed E-state index contributed by atoms with van der Waals surface area (Å²) in [4.78, 5) is 12.2. The van der Waals surface area contributed by atoms with Gasteiger partial charge in [-0.1, -0.05) is 6.07 Å². The number of nitrogens with one attached hydrogen (secondary N) is 2. The maximum atomic E-state index is 13.7. The van der Waals surface area contributed by atoms with Gasteiger partial charge in [0.1, 0.15) is 10.7 Å². The number of amides is 1. The van der Waals surface area contributed by atoms with Crippen LogP contribution >= 0.6 is 11.3 Å². The highest BCUT2D eigenvalue weighted by molar-refractivity contribution is 7.88. The molecule has 1 amide bonds. The van der Waals surface area contributed by atoms with Crippen molar-refractivity contribution in [2.45, 2.75) is 0 Å². The van der Waals surface area contributed by atoms with E-state index in [9.17, 15) is 17.6 Å². The minimum atomic E-state index is -3.29. The average Bonchev–Trinajstić information content (AvgIpc) is 2.72. The zero-order chi connectivity index (χ0) is 15.6. The van der Waals surface area contributed by atoms with Crippen LogP contribution in [-0.2, 0) is 10.0 Å². The first-order valence-electron chi connectivity index (χ1n) is 5.99. The molecule has 2 rings (SSSR count). The molecule has 6 nitrogen and oxygen atoms in total. The Hall–Kier alpha value is -1.71. The molecule has 0 fully saturated rings. The Balaban J connectivity index is 2.10. The lowest BCUT2D eigenvalue weighted by Gasteiger charge is -2.05. The normalized spacial score (nSPS) is 11.7. The van der Waals surface area contributed by atoms with Crippen LogP contribution in [0.5, 0.6) is 0 Å². The number of hydrogen-bond acceptors (Lipinski definition) is 5. The van der Waals surface area contributed by atoms with Gasteiger partial charge in [-0.2, -0.15) is 0 Å². The highest BCUT2D eigenvalue weighted by Crippen LogP contribution is 2.35. The molecule has 1 aromatic carbocycles. The quantitative estimate of drug-likeness (QED) is 0.709. The Morgan fingerprint density at radius 1 is 1.38 bits per heavy atom. The van der Waals surface area contributed by atoms with Gasteiger partial charge in [0.25, 0.3) is 5.91 Å². The van der Waals surface area contributed by atoms with Crippen LogP contribution < -0.4 is 15.8 Å². The second-order valence-corrected chi connectivity index (χ2v) is 7.27. The second-order valence-electron chi connectivity index (χ2n) is 4.38. The summed E-state index contributed by atoms with van der Waals surface area (Å²) < 4.78 is 38.3. The summed E-state index contributed by atoms with van der Waals surface area (Å²) in [5.41, 5.74) is 5.91. The lowest BCUT2D eigenvalue weighted by molar-refractivity contribution is 0.0959. The second kappa shape index (κ2) is 5.96. The molecule has 0 spiro atoms. The number of nitrogens with two attached hydrogens (primary N) is 1. The largest absolute Gasteiger partial charge is 0.397 e. The molecule has 2 aromatic rings. The summed E-state index contributed by atoms with van der Waals surface area (Å²) in [7, 11) is -3.29. The van der Waals surface area contributed by atoms with Crippen LogP contribution in [0.25, 0.3) is 10.1 Å². The van der Waals surface area contributed by atoms with E-state index in [4.69, 9.17) is 5.73 Å². The first-order chi connectivity index (χ1) is 9.79. The monoisotopic (exact) mass is 331 g/mol. The van der Waals surface area contributed by atoms with Gasteiger partial charge in [0.2, 0.25) is 10.0 Å². The molecule has 114 valence electrons. The summed E-state index contributed by atoms with van der Waals surface area (Å²) in [6.45, 7) is 0.186. The van der Waals surface area contributed by atoms with E-state index in [1.165, 1.54) is 6.07 Å². The molecule has 0 bridgehead atoms. The summed E-state index contributed by atoms with van der Waals surface area (Å²) in [6, 6.07) is 4.51. The molecule has 4 N–H and O–H groups in total. The van der Waals surface area contributed by atoms with Gasteiger partial charge in [-0.15, -0.1) is 11.3 Å². The topological polar surface area (TPSA) is 101 Å². The summed E-state index contributed by atoms with van der Waals surface area (Å²) in [5, 5.41) is 2.77. The van der Waals surface area contributed by atoms with Crippen LogP contribution in [-0.4, -0.2) is 33.7 Å². The van der Waals surface area contributed by atoms with E-state index in [1.807, 2.05) is 0 Å². The van der Waals surface area contributed by atoms with Crippen molar-refractivity contribution in [2.24, 2.45) is 0 Å². The maximum Gasteiger partial charge on any atom is 0.263 e. The van der Waals surface area contributed by atoms with Gasteiger partial charge in [-0.25, -0.2) is 17.5 Å². The molecule has 1 aromatic heterocycles. The number of carbonyl (C=O) groups is 1. The molecule has 0 aliphatic carbocycles. The lowest BCUT2D eigenvalue weighted by Crippen LogP contribution is -2.34. The van der Waals surface area contributed by atoms with E-state index in [0.29, 0.717) is 4.70 Å². The minimum absolute atomic E-state index is 0.0731. The van der Waals surface area contributed by atoms with Gasteiger partial charge in [0.05, 0.1) is 17.3 Å². The van der Waals surface area contributed by atoms with Crippen LogP contribution in [0.4, 0.5) is 10.1 Å². The van der Waals surface area contributed by atoms with Gasteiger partial charge in [-0.05, 0) is 12.1 Å². The third-order valence-corrected chi connectivity index (χ3v) is 4.58. The number of hydrogen-bond donors (Lipinski definition) is 3. The Morgan fingerprint density at radius 3 is 2.71 bits per heavy atom. The first kappa shape index (κ1) is 15.7. The summed E-state index contributed by atoms with van der Waals surface area (Å²) in [5.74, 6) is -0.928. The molecule has 0 saturated carbocycles. The van der Waals surface area contributed by atoms with E-state index < -0.39 is 21.7 Å². The standard InChI is InChI=1S/C12H14FN3O3S2/c1-21(18,19)16-6-5-15-12(17)11-10(14)9-7(13)3-2-4-8(9)20-11/h2-4,16H,5-6,14H2,1H3,(H,15,17). The van der Waals surface area contributed by atoms with Crippen molar-refractivity contribution in [2.75, 3.05) is 25.1 Å². The van der Waals surface area contributed by atoms with Crippen molar-refractivity contribution in [3.8, 4) is 0 Å². The zero-order valence-electron chi connectivity index (χ0n) is 11.1. The van der Waals surface area contributed by atoms with Crippen LogP contribution in [0, 0.1) is 5.82 Å². The number of nitrogen functional groups attached to an aromatic ring is 1. The number of halogens is 1. The maximum absolute atomic E-state index is 13.7. The number of benzene rings is 1. The Bertz CT molecular complexity index is 786. The summed E-state index contributed by atoms with van der Waals surface area (Å²) >= 11 is 1.09. The molecular weight excluding hydrogens is 317 g/mol. The predicted molar refractivity (Wildman–Crippen MR) is 81.4 cm³/mol. The van der Waals surface area contributed by atoms with Gasteiger partial charge in [-0.3, -0.25) is 4.79 Å². The number of fused-ring (bicyclic) bond motifs is 1. The van der Waals surface area contributed by atoms with Crippen molar-refractivity contribution in [3.63, 3.8) is 0 Å². The van der Waals surface area contributed by atoms with E-state index in [2.05, 4.69) is 10.0 Å². The van der Waals surface area contributed by atoms with E-state index >= 15 is 0 Å². The third kappa shape index (κ3) is 3.69. The Morgan fingerprint density at radius 2 is 2.10 bits per heavy atom. The fourth-order valence-electron chi connectivity index (χ4n) is 1.79. The van der Waals surface area contributed by atoms with Crippen LogP contribution in [0.2, 0.25) is 0 Å². The summed E-state index contributed by atoms with van der Waals surface area (Å²) in [6.07, 6.45) is 1.03. The van der Waals surface area contributed by atoms with Crippen LogP contribution in [0.3, 0.4) is 0 Å². The molecule has 0 unspecified atom stereocenters. The fraction of sp³-hybridized carbons (Fsp3) is 0.250. The predicted octanol–water partition coefficient (Wildman–Crippen LogP) is 0.902. The molecule has 0 radical (unpaired) electrons. The van der Waals surface area contributed by atoms with Gasteiger partial charge in [0.15, 0.2) is 0 Å². The molecule has 0 saturated heterocycles. The molecule has 0 atom stereocenters. The number of sulfonamides is 1. The fourth-order valence-corrected chi connectivity index (χ4v) is 3.32.